The first kappa shape index (κ1) is 22.3. The maximum absolute atomic E-state index is 12.5. The third kappa shape index (κ3) is 6.07. The number of morpholine rings is 1. The van der Waals surface area contributed by atoms with Crippen LogP contribution in [0, 0.1) is 12.8 Å². The molecule has 0 saturated carbocycles. The largest absolute Gasteiger partial charge is 0.483 e. The van der Waals surface area contributed by atoms with Gasteiger partial charge in [0.05, 0.1) is 19.8 Å². The van der Waals surface area contributed by atoms with Crippen LogP contribution in [-0.4, -0.2) is 69.5 Å². The molecule has 2 aliphatic rings. The van der Waals surface area contributed by atoms with Crippen molar-refractivity contribution in [2.75, 3.05) is 52.7 Å². The predicted octanol–water partition coefficient (Wildman–Crippen LogP) is 3.00. The highest BCUT2D eigenvalue weighted by atomic mass is 35.5. The van der Waals surface area contributed by atoms with Gasteiger partial charge in [-0.15, -0.1) is 0 Å². The Morgan fingerprint density at radius 3 is 2.69 bits per heavy atom. The predicted molar refractivity (Wildman–Crippen MR) is 114 cm³/mol. The number of ether oxygens (including phenoxy) is 3. The van der Waals surface area contributed by atoms with Gasteiger partial charge < -0.3 is 19.5 Å². The van der Waals surface area contributed by atoms with Crippen LogP contribution in [0.15, 0.2) is 12.1 Å². The molecule has 2 atom stereocenters. The molecule has 2 aliphatic heterocycles. The lowest BCUT2D eigenvalue weighted by atomic mass is 9.97. The van der Waals surface area contributed by atoms with Gasteiger partial charge in [0.1, 0.15) is 5.75 Å². The first-order valence-electron chi connectivity index (χ1n) is 10.5. The van der Waals surface area contributed by atoms with Gasteiger partial charge in [-0.3, -0.25) is 9.69 Å². The van der Waals surface area contributed by atoms with Gasteiger partial charge in [0.15, 0.2) is 6.61 Å². The Morgan fingerprint density at radius 2 is 2.03 bits per heavy atom. The fourth-order valence-corrected chi connectivity index (χ4v) is 4.19. The zero-order chi connectivity index (χ0) is 20.8. The van der Waals surface area contributed by atoms with Crippen LogP contribution in [0.4, 0.5) is 0 Å². The summed E-state index contributed by atoms with van der Waals surface area (Å²) in [4.78, 5) is 14.9. The van der Waals surface area contributed by atoms with Crippen molar-refractivity contribution in [3.63, 3.8) is 0 Å². The molecule has 1 N–H and O–H groups in total. The van der Waals surface area contributed by atoms with Crippen LogP contribution < -0.4 is 10.1 Å². The summed E-state index contributed by atoms with van der Waals surface area (Å²) in [7, 11) is 0. The van der Waals surface area contributed by atoms with E-state index in [0.717, 1.165) is 67.8 Å². The molecule has 2 saturated heterocycles. The molecule has 2 fully saturated rings. The number of carbonyl (C=O) groups excluding carboxylic acids is 1. The fraction of sp³-hybridized carbons (Fsp3) is 0.682. The number of rotatable bonds is 8. The Bertz CT molecular complexity index is 686. The lowest BCUT2D eigenvalue weighted by Gasteiger charge is -2.37. The second-order valence-electron chi connectivity index (χ2n) is 8.23. The molecule has 0 aliphatic carbocycles. The fourth-order valence-electron chi connectivity index (χ4n) is 4.02. The number of nitrogens with one attached hydrogen (secondary N) is 1. The van der Waals surface area contributed by atoms with Crippen LogP contribution in [0.2, 0.25) is 5.02 Å². The first-order valence-corrected chi connectivity index (χ1v) is 10.9. The molecule has 2 heterocycles. The van der Waals surface area contributed by atoms with Gasteiger partial charge in [0.2, 0.25) is 0 Å². The molecule has 0 radical (unpaired) electrons. The van der Waals surface area contributed by atoms with Crippen molar-refractivity contribution in [1.29, 1.82) is 0 Å². The highest BCUT2D eigenvalue weighted by Gasteiger charge is 2.31. The summed E-state index contributed by atoms with van der Waals surface area (Å²) in [6.07, 6.45) is 1.04. The Kier molecular flexibility index (Phi) is 8.18. The summed E-state index contributed by atoms with van der Waals surface area (Å²) >= 11 is 6.25. The lowest BCUT2D eigenvalue weighted by molar-refractivity contribution is -0.123. The van der Waals surface area contributed by atoms with Crippen LogP contribution in [-0.2, 0) is 14.3 Å². The van der Waals surface area contributed by atoms with E-state index in [4.69, 9.17) is 25.8 Å². The van der Waals surface area contributed by atoms with Gasteiger partial charge in [-0.05, 0) is 42.5 Å². The topological polar surface area (TPSA) is 60.0 Å². The van der Waals surface area contributed by atoms with Crippen LogP contribution in [0.3, 0.4) is 0 Å². The molecule has 1 aromatic rings. The van der Waals surface area contributed by atoms with E-state index in [9.17, 15) is 4.79 Å². The van der Waals surface area contributed by atoms with E-state index in [2.05, 4.69) is 24.1 Å². The molecule has 3 rings (SSSR count). The van der Waals surface area contributed by atoms with Gasteiger partial charge in [-0.25, -0.2) is 0 Å². The van der Waals surface area contributed by atoms with Crippen molar-refractivity contribution in [2.24, 2.45) is 5.92 Å². The highest BCUT2D eigenvalue weighted by Crippen LogP contribution is 2.32. The molecule has 1 amide bonds. The van der Waals surface area contributed by atoms with Gasteiger partial charge in [-0.1, -0.05) is 25.4 Å². The minimum absolute atomic E-state index is 0.00219. The number of benzene rings is 1. The SMILES string of the molecule is Cc1cc(OCC(=O)NCC(C2CCOC2)N2CCOCC2)c(C(C)C)cc1Cl. The standard InChI is InChI=1S/C22H33ClN2O4/c1-15(2)18-11-19(23)16(3)10-21(18)29-14-22(26)24-12-20(17-4-7-28-13-17)25-5-8-27-9-6-25/h10-11,15,17,20H,4-9,12-14H2,1-3H3,(H,24,26). The van der Waals surface area contributed by atoms with Gasteiger partial charge in [0, 0.05) is 43.2 Å². The van der Waals surface area contributed by atoms with E-state index in [1.807, 2.05) is 19.1 Å². The number of amides is 1. The molecular formula is C22H33ClN2O4. The van der Waals surface area contributed by atoms with E-state index in [1.54, 1.807) is 0 Å². The van der Waals surface area contributed by atoms with Crippen LogP contribution in [0.5, 0.6) is 5.75 Å². The molecule has 1 aromatic carbocycles. The van der Waals surface area contributed by atoms with Crippen molar-refractivity contribution in [3.05, 3.63) is 28.3 Å². The number of aryl methyl sites for hydroxylation is 1. The van der Waals surface area contributed by atoms with Crippen molar-refractivity contribution in [3.8, 4) is 5.75 Å². The van der Waals surface area contributed by atoms with Crippen LogP contribution in [0.25, 0.3) is 0 Å². The van der Waals surface area contributed by atoms with Crippen molar-refractivity contribution < 1.29 is 19.0 Å². The monoisotopic (exact) mass is 424 g/mol. The minimum atomic E-state index is -0.107. The lowest BCUT2D eigenvalue weighted by Crippen LogP contribution is -2.52. The minimum Gasteiger partial charge on any atom is -0.483 e. The van der Waals surface area contributed by atoms with Gasteiger partial charge in [-0.2, -0.15) is 0 Å². The number of hydrogen-bond acceptors (Lipinski definition) is 5. The summed E-state index contributed by atoms with van der Waals surface area (Å²) in [5.74, 6) is 1.33. The number of nitrogens with zero attached hydrogens (tertiary/aromatic N) is 1. The Hall–Kier alpha value is -1.34. The molecule has 0 bridgehead atoms. The van der Waals surface area contributed by atoms with Crippen LogP contribution >= 0.6 is 11.6 Å². The molecule has 7 heteroatoms. The second-order valence-corrected chi connectivity index (χ2v) is 8.63. The van der Waals surface area contributed by atoms with E-state index < -0.39 is 0 Å². The molecule has 0 spiro atoms. The van der Waals surface area contributed by atoms with Crippen molar-refractivity contribution >= 4 is 17.5 Å². The highest BCUT2D eigenvalue weighted by molar-refractivity contribution is 6.31. The van der Waals surface area contributed by atoms with E-state index in [0.29, 0.717) is 12.5 Å². The average Bonchev–Trinajstić information content (AvgIpc) is 3.24. The number of hydrogen-bond donors (Lipinski definition) is 1. The molecule has 2 unspecified atom stereocenters. The normalized spacial score (nSPS) is 21.3. The zero-order valence-corrected chi connectivity index (χ0v) is 18.5. The Labute approximate surface area is 178 Å². The maximum atomic E-state index is 12.5. The van der Waals surface area contributed by atoms with E-state index in [1.165, 1.54) is 0 Å². The molecule has 6 nitrogen and oxygen atoms in total. The summed E-state index contributed by atoms with van der Waals surface area (Å²) in [6.45, 7) is 11.6. The summed E-state index contributed by atoms with van der Waals surface area (Å²) in [6, 6.07) is 4.12. The molecule has 29 heavy (non-hydrogen) atoms. The zero-order valence-electron chi connectivity index (χ0n) is 17.7. The number of carbonyl (C=O) groups is 1. The van der Waals surface area contributed by atoms with Crippen molar-refractivity contribution in [1.82, 2.24) is 10.2 Å². The summed E-state index contributed by atoms with van der Waals surface area (Å²) < 4.78 is 16.9. The van der Waals surface area contributed by atoms with Gasteiger partial charge in [0.25, 0.3) is 5.91 Å². The third-order valence-corrected chi connectivity index (χ3v) is 6.21. The smallest absolute Gasteiger partial charge is 0.257 e. The molecule has 162 valence electrons. The summed E-state index contributed by atoms with van der Waals surface area (Å²) in [5.41, 5.74) is 1.96. The maximum Gasteiger partial charge on any atom is 0.257 e. The Balaban J connectivity index is 1.56. The third-order valence-electron chi connectivity index (χ3n) is 5.80. The Morgan fingerprint density at radius 1 is 1.28 bits per heavy atom. The summed E-state index contributed by atoms with van der Waals surface area (Å²) in [5, 5.41) is 3.79. The first-order chi connectivity index (χ1) is 14.0. The quantitative estimate of drug-likeness (QED) is 0.695. The van der Waals surface area contributed by atoms with Crippen LogP contribution in [0.1, 0.15) is 37.3 Å². The van der Waals surface area contributed by atoms with Crippen molar-refractivity contribution in [2.45, 2.75) is 39.2 Å². The molecule has 0 aromatic heterocycles. The van der Waals surface area contributed by atoms with Gasteiger partial charge >= 0.3 is 0 Å². The van der Waals surface area contributed by atoms with E-state index >= 15 is 0 Å². The van der Waals surface area contributed by atoms with E-state index in [-0.39, 0.29) is 24.5 Å². The average molecular weight is 425 g/mol. The molecular weight excluding hydrogens is 392 g/mol. The number of halogens is 1. The second kappa shape index (κ2) is 10.6.